The summed E-state index contributed by atoms with van der Waals surface area (Å²) in [5.74, 6) is 0.133. The molecule has 4 rings (SSSR count). The third-order valence-electron chi connectivity index (χ3n) is 6.37. The van der Waals surface area contributed by atoms with Gasteiger partial charge < -0.3 is 10.5 Å². The maximum absolute atomic E-state index is 12.3. The van der Waals surface area contributed by atoms with Gasteiger partial charge in [0.2, 0.25) is 5.91 Å². The number of aliphatic imine (C=N–C) groups is 1. The Balaban J connectivity index is 1.66. The second kappa shape index (κ2) is 8.07. The molecule has 5 heteroatoms. The van der Waals surface area contributed by atoms with Gasteiger partial charge >= 0.3 is 0 Å². The maximum atomic E-state index is 12.3. The lowest BCUT2D eigenvalue weighted by molar-refractivity contribution is -0.131. The Kier molecular flexibility index (Phi) is 5.50. The number of benzene rings is 1. The van der Waals surface area contributed by atoms with Crippen LogP contribution in [-0.2, 0) is 16.0 Å². The molecule has 1 aromatic carbocycles. The number of nitrogens with zero attached hydrogens (tertiary/aromatic N) is 2. The predicted molar refractivity (Wildman–Crippen MR) is 116 cm³/mol. The highest BCUT2D eigenvalue weighted by Crippen LogP contribution is 2.46. The molecule has 1 amide bonds. The molecule has 1 fully saturated rings. The van der Waals surface area contributed by atoms with Crippen LogP contribution in [0.4, 0.5) is 0 Å². The van der Waals surface area contributed by atoms with Crippen LogP contribution in [0, 0.1) is 11.8 Å². The van der Waals surface area contributed by atoms with Crippen LogP contribution in [-0.4, -0.2) is 34.9 Å². The Bertz CT molecular complexity index is 968. The summed E-state index contributed by atoms with van der Waals surface area (Å²) in [6.07, 6.45) is 8.09. The van der Waals surface area contributed by atoms with E-state index in [9.17, 15) is 4.79 Å². The molecule has 2 heterocycles. The number of fused-ring (bicyclic) bond motifs is 1. The molecular formula is C24H29N3O2. The van der Waals surface area contributed by atoms with Gasteiger partial charge in [0.05, 0.1) is 5.52 Å². The van der Waals surface area contributed by atoms with E-state index in [1.54, 1.807) is 0 Å². The van der Waals surface area contributed by atoms with Crippen molar-refractivity contribution < 1.29 is 9.53 Å². The first-order valence-corrected chi connectivity index (χ1v) is 10.5. The van der Waals surface area contributed by atoms with Gasteiger partial charge in [-0.2, -0.15) is 0 Å². The minimum Gasteiger partial charge on any atom is -0.368 e. The Morgan fingerprint density at radius 1 is 1.24 bits per heavy atom. The molecular weight excluding hydrogens is 362 g/mol. The Morgan fingerprint density at radius 2 is 2.07 bits per heavy atom. The SMILES string of the molecule is CCOC1(C2CCCC2Cc2ccc3ccccc3n2)C=CC(C)=NC1C(N)=O. The first kappa shape index (κ1) is 19.8. The molecule has 2 aliphatic rings. The van der Waals surface area contributed by atoms with Crippen molar-refractivity contribution in [2.45, 2.75) is 51.2 Å². The number of dihydropyridines is 1. The summed E-state index contributed by atoms with van der Waals surface area (Å²) in [6.45, 7) is 4.38. The van der Waals surface area contributed by atoms with Gasteiger partial charge in [-0.1, -0.05) is 30.7 Å². The van der Waals surface area contributed by atoms with E-state index < -0.39 is 17.6 Å². The summed E-state index contributed by atoms with van der Waals surface area (Å²) in [7, 11) is 0. The summed E-state index contributed by atoms with van der Waals surface area (Å²) >= 11 is 0. The first-order chi connectivity index (χ1) is 14.0. The number of hydrogen-bond acceptors (Lipinski definition) is 4. The van der Waals surface area contributed by atoms with Gasteiger partial charge in [-0.25, -0.2) is 0 Å². The number of rotatable bonds is 6. The zero-order chi connectivity index (χ0) is 20.4. The molecule has 0 bridgehead atoms. The fourth-order valence-electron chi connectivity index (χ4n) is 5.15. The molecule has 1 aromatic heterocycles. The maximum Gasteiger partial charge on any atom is 0.245 e. The number of amides is 1. The van der Waals surface area contributed by atoms with Crippen LogP contribution in [0.1, 0.15) is 38.8 Å². The smallest absolute Gasteiger partial charge is 0.245 e. The average molecular weight is 392 g/mol. The van der Waals surface area contributed by atoms with Gasteiger partial charge in [0.25, 0.3) is 0 Å². The number of ether oxygens (including phenoxy) is 1. The molecule has 0 spiro atoms. The lowest BCUT2D eigenvalue weighted by atomic mass is 9.72. The van der Waals surface area contributed by atoms with Gasteiger partial charge in [-0.15, -0.1) is 0 Å². The standard InChI is InChI=1S/C24H29N3O2/c1-3-29-24(14-13-16(2)26-22(24)23(25)28)20-9-6-8-18(20)15-19-12-11-17-7-4-5-10-21(17)27-19/h4-5,7,10-14,18,20,22H,3,6,8-9,15H2,1-2H3,(H2,25,28). The van der Waals surface area contributed by atoms with Crippen molar-refractivity contribution in [3.05, 3.63) is 54.2 Å². The second-order valence-electron chi connectivity index (χ2n) is 8.19. The Morgan fingerprint density at radius 3 is 2.86 bits per heavy atom. The molecule has 1 saturated carbocycles. The molecule has 2 aromatic rings. The number of aromatic nitrogens is 1. The molecule has 4 unspecified atom stereocenters. The zero-order valence-corrected chi connectivity index (χ0v) is 17.2. The number of carbonyl (C=O) groups excluding carboxylic acids is 1. The summed E-state index contributed by atoms with van der Waals surface area (Å²) in [4.78, 5) is 21.8. The molecule has 0 saturated heterocycles. The third kappa shape index (κ3) is 3.71. The lowest BCUT2D eigenvalue weighted by Crippen LogP contribution is -2.56. The fraction of sp³-hybridized carbons (Fsp3) is 0.458. The summed E-state index contributed by atoms with van der Waals surface area (Å²) in [6, 6.07) is 11.8. The number of hydrogen-bond donors (Lipinski definition) is 1. The van der Waals surface area contributed by atoms with E-state index in [0.29, 0.717) is 12.5 Å². The van der Waals surface area contributed by atoms with Crippen molar-refractivity contribution in [2.24, 2.45) is 22.6 Å². The third-order valence-corrected chi connectivity index (χ3v) is 6.37. The highest BCUT2D eigenvalue weighted by Gasteiger charge is 2.52. The number of allylic oxidation sites excluding steroid dienone is 1. The summed E-state index contributed by atoms with van der Waals surface area (Å²) in [5.41, 5.74) is 7.95. The molecule has 1 aliphatic carbocycles. The van der Waals surface area contributed by atoms with Crippen LogP contribution < -0.4 is 5.73 Å². The van der Waals surface area contributed by atoms with Gasteiger partial charge in [0.15, 0.2) is 6.04 Å². The molecule has 5 nitrogen and oxygen atoms in total. The quantitative estimate of drug-likeness (QED) is 0.812. The second-order valence-corrected chi connectivity index (χ2v) is 8.19. The highest BCUT2D eigenvalue weighted by molar-refractivity contribution is 5.97. The number of pyridine rings is 1. The van der Waals surface area contributed by atoms with E-state index in [-0.39, 0.29) is 5.92 Å². The van der Waals surface area contributed by atoms with E-state index in [0.717, 1.165) is 48.0 Å². The van der Waals surface area contributed by atoms with E-state index in [1.165, 1.54) is 0 Å². The van der Waals surface area contributed by atoms with Crippen LogP contribution >= 0.6 is 0 Å². The number of nitrogens with two attached hydrogens (primary N) is 1. The molecule has 1 aliphatic heterocycles. The van der Waals surface area contributed by atoms with Gasteiger partial charge in [0, 0.05) is 23.4 Å². The summed E-state index contributed by atoms with van der Waals surface area (Å²) in [5, 5.41) is 1.15. The molecule has 2 N–H and O–H groups in total. The Labute approximate surface area is 172 Å². The molecule has 29 heavy (non-hydrogen) atoms. The van der Waals surface area contributed by atoms with Crippen molar-refractivity contribution in [3.8, 4) is 0 Å². The van der Waals surface area contributed by atoms with E-state index >= 15 is 0 Å². The van der Waals surface area contributed by atoms with Crippen molar-refractivity contribution in [2.75, 3.05) is 6.61 Å². The average Bonchev–Trinajstić information content (AvgIpc) is 3.18. The first-order valence-electron chi connectivity index (χ1n) is 10.5. The minimum absolute atomic E-state index is 0.182. The van der Waals surface area contributed by atoms with Crippen molar-refractivity contribution in [1.82, 2.24) is 4.98 Å². The van der Waals surface area contributed by atoms with Gasteiger partial charge in [-0.3, -0.25) is 14.8 Å². The lowest BCUT2D eigenvalue weighted by Gasteiger charge is -2.43. The van der Waals surface area contributed by atoms with Crippen LogP contribution in [0.2, 0.25) is 0 Å². The molecule has 152 valence electrons. The van der Waals surface area contributed by atoms with Crippen LogP contribution in [0.25, 0.3) is 10.9 Å². The van der Waals surface area contributed by atoms with E-state index in [2.05, 4.69) is 29.3 Å². The Hall–Kier alpha value is -2.53. The summed E-state index contributed by atoms with van der Waals surface area (Å²) < 4.78 is 6.30. The largest absolute Gasteiger partial charge is 0.368 e. The number of carbonyl (C=O) groups is 1. The normalized spacial score (nSPS) is 29.2. The van der Waals surface area contributed by atoms with Gasteiger partial charge in [0.1, 0.15) is 5.60 Å². The van der Waals surface area contributed by atoms with E-state index in [4.69, 9.17) is 15.5 Å². The van der Waals surface area contributed by atoms with Crippen LogP contribution in [0.3, 0.4) is 0 Å². The topological polar surface area (TPSA) is 77.6 Å². The monoisotopic (exact) mass is 391 g/mol. The van der Waals surface area contributed by atoms with Crippen molar-refractivity contribution in [1.29, 1.82) is 0 Å². The predicted octanol–water partition coefficient (Wildman–Crippen LogP) is 3.85. The highest BCUT2D eigenvalue weighted by atomic mass is 16.5. The van der Waals surface area contributed by atoms with Crippen LogP contribution in [0.15, 0.2) is 53.5 Å². The minimum atomic E-state index is -0.766. The number of para-hydroxylation sites is 1. The molecule has 4 atom stereocenters. The zero-order valence-electron chi connectivity index (χ0n) is 17.2. The number of primary amides is 1. The van der Waals surface area contributed by atoms with Crippen molar-refractivity contribution >= 4 is 22.5 Å². The molecule has 0 radical (unpaired) electrons. The van der Waals surface area contributed by atoms with Gasteiger partial charge in [-0.05, 0) is 69.2 Å². The van der Waals surface area contributed by atoms with Crippen LogP contribution in [0.5, 0.6) is 0 Å². The van der Waals surface area contributed by atoms with E-state index in [1.807, 2.05) is 38.1 Å². The fourth-order valence-corrected chi connectivity index (χ4v) is 5.15. The van der Waals surface area contributed by atoms with Crippen molar-refractivity contribution in [3.63, 3.8) is 0 Å².